The van der Waals surface area contributed by atoms with Crippen LogP contribution in [-0.4, -0.2) is 23.4 Å². The van der Waals surface area contributed by atoms with Crippen molar-refractivity contribution < 1.29 is 14.9 Å². The van der Waals surface area contributed by atoms with Gasteiger partial charge in [-0.15, -0.1) is 0 Å². The summed E-state index contributed by atoms with van der Waals surface area (Å²) in [6.07, 6.45) is 0. The van der Waals surface area contributed by atoms with Crippen LogP contribution in [0.5, 0.6) is 11.5 Å². The number of rotatable bonds is 7. The fourth-order valence-electron chi connectivity index (χ4n) is 2.07. The van der Waals surface area contributed by atoms with Crippen molar-refractivity contribution in [1.82, 2.24) is 5.32 Å². The van der Waals surface area contributed by atoms with Gasteiger partial charge in [0.2, 0.25) is 0 Å². The van der Waals surface area contributed by atoms with Crippen LogP contribution in [0.1, 0.15) is 25.0 Å². The lowest BCUT2D eigenvalue weighted by Crippen LogP contribution is -2.34. The molecule has 0 fully saturated rings. The van der Waals surface area contributed by atoms with E-state index in [-0.39, 0.29) is 5.75 Å². The quantitative estimate of drug-likeness (QED) is 0.736. The summed E-state index contributed by atoms with van der Waals surface area (Å²) >= 11 is 1.56. The molecule has 1 heterocycles. The van der Waals surface area contributed by atoms with Gasteiger partial charge >= 0.3 is 0 Å². The summed E-state index contributed by atoms with van der Waals surface area (Å²) in [5.41, 5.74) is 0.724. The fourth-order valence-corrected chi connectivity index (χ4v) is 2.86. The van der Waals surface area contributed by atoms with Crippen LogP contribution in [0.2, 0.25) is 0 Å². The van der Waals surface area contributed by atoms with Crippen LogP contribution in [0.25, 0.3) is 0 Å². The second kappa shape index (κ2) is 6.93. The Morgan fingerprint density at radius 3 is 2.81 bits per heavy atom. The SMILES string of the molecule is CCOc1ccc(O)c(CNCC(C)(O)c2ccsc2)c1. The highest BCUT2D eigenvalue weighted by atomic mass is 32.1. The third-order valence-electron chi connectivity index (χ3n) is 3.29. The summed E-state index contributed by atoms with van der Waals surface area (Å²) in [4.78, 5) is 0. The standard InChI is InChI=1S/C16H21NO3S/c1-3-20-14-4-5-15(18)12(8-14)9-17-11-16(2,19)13-6-7-21-10-13/h4-8,10,17-19H,3,9,11H2,1-2H3. The first kappa shape index (κ1) is 15.8. The average molecular weight is 307 g/mol. The third-order valence-corrected chi connectivity index (χ3v) is 3.97. The topological polar surface area (TPSA) is 61.7 Å². The summed E-state index contributed by atoms with van der Waals surface area (Å²) in [7, 11) is 0. The molecule has 1 aromatic carbocycles. The van der Waals surface area contributed by atoms with Crippen LogP contribution in [0.15, 0.2) is 35.0 Å². The molecule has 0 aliphatic heterocycles. The third kappa shape index (κ3) is 4.20. The molecule has 0 amide bonds. The van der Waals surface area contributed by atoms with Gasteiger partial charge in [-0.1, -0.05) is 0 Å². The number of aromatic hydroxyl groups is 1. The van der Waals surface area contributed by atoms with E-state index in [4.69, 9.17) is 4.74 Å². The molecule has 0 radical (unpaired) electrons. The van der Waals surface area contributed by atoms with Crippen molar-refractivity contribution in [3.8, 4) is 11.5 Å². The first-order valence-corrected chi connectivity index (χ1v) is 7.87. The zero-order valence-electron chi connectivity index (χ0n) is 12.3. The molecule has 3 N–H and O–H groups in total. The largest absolute Gasteiger partial charge is 0.508 e. The molecule has 0 aliphatic carbocycles. The van der Waals surface area contributed by atoms with Crippen LogP contribution < -0.4 is 10.1 Å². The van der Waals surface area contributed by atoms with Crippen LogP contribution in [0.3, 0.4) is 0 Å². The van der Waals surface area contributed by atoms with Gasteiger partial charge in [0.25, 0.3) is 0 Å². The fraction of sp³-hybridized carbons (Fsp3) is 0.375. The van der Waals surface area contributed by atoms with Crippen LogP contribution in [-0.2, 0) is 12.1 Å². The molecule has 0 spiro atoms. The first-order valence-electron chi connectivity index (χ1n) is 6.93. The molecular formula is C16H21NO3S. The minimum Gasteiger partial charge on any atom is -0.508 e. The van der Waals surface area contributed by atoms with E-state index in [9.17, 15) is 10.2 Å². The monoisotopic (exact) mass is 307 g/mol. The van der Waals surface area contributed by atoms with Gasteiger partial charge in [0.05, 0.1) is 12.2 Å². The van der Waals surface area contributed by atoms with E-state index in [1.165, 1.54) is 0 Å². The Kier molecular flexibility index (Phi) is 5.22. The number of aliphatic hydroxyl groups is 1. The molecule has 2 rings (SSSR count). The Hall–Kier alpha value is -1.56. The summed E-state index contributed by atoms with van der Waals surface area (Å²) in [5.74, 6) is 0.956. The molecule has 2 aromatic rings. The lowest BCUT2D eigenvalue weighted by atomic mass is 9.99. The van der Waals surface area contributed by atoms with Crippen molar-refractivity contribution in [1.29, 1.82) is 0 Å². The van der Waals surface area contributed by atoms with Crippen molar-refractivity contribution >= 4 is 11.3 Å². The van der Waals surface area contributed by atoms with Crippen LogP contribution >= 0.6 is 11.3 Å². The predicted molar refractivity (Wildman–Crippen MR) is 84.9 cm³/mol. The molecule has 1 unspecified atom stereocenters. The maximum atomic E-state index is 10.4. The molecule has 0 bridgehead atoms. The number of benzene rings is 1. The van der Waals surface area contributed by atoms with Gasteiger partial charge in [-0.25, -0.2) is 0 Å². The lowest BCUT2D eigenvalue weighted by Gasteiger charge is -2.23. The van der Waals surface area contributed by atoms with Crippen molar-refractivity contribution in [2.45, 2.75) is 26.0 Å². The molecule has 0 saturated heterocycles. The molecule has 4 nitrogen and oxygen atoms in total. The van der Waals surface area contributed by atoms with Crippen molar-refractivity contribution in [3.05, 3.63) is 46.2 Å². The van der Waals surface area contributed by atoms with Crippen molar-refractivity contribution in [2.24, 2.45) is 0 Å². The Balaban J connectivity index is 1.95. The summed E-state index contributed by atoms with van der Waals surface area (Å²) in [6, 6.07) is 7.09. The van der Waals surface area contributed by atoms with E-state index in [0.717, 1.165) is 16.9 Å². The van der Waals surface area contributed by atoms with Crippen molar-refractivity contribution in [2.75, 3.05) is 13.2 Å². The highest BCUT2D eigenvalue weighted by molar-refractivity contribution is 7.08. The first-order chi connectivity index (χ1) is 10.0. The predicted octanol–water partition coefficient (Wildman–Crippen LogP) is 2.85. The number of ether oxygens (including phenoxy) is 1. The number of hydrogen-bond acceptors (Lipinski definition) is 5. The van der Waals surface area contributed by atoms with Crippen LogP contribution in [0, 0.1) is 0 Å². The summed E-state index contributed by atoms with van der Waals surface area (Å²) in [5, 5.41) is 27.3. The van der Waals surface area contributed by atoms with Crippen LogP contribution in [0.4, 0.5) is 0 Å². The second-order valence-electron chi connectivity index (χ2n) is 5.11. The number of thiophene rings is 1. The highest BCUT2D eigenvalue weighted by Gasteiger charge is 2.22. The van der Waals surface area contributed by atoms with Gasteiger partial charge in [-0.3, -0.25) is 0 Å². The number of phenols is 1. The van der Waals surface area contributed by atoms with E-state index in [0.29, 0.717) is 19.7 Å². The highest BCUT2D eigenvalue weighted by Crippen LogP contribution is 2.24. The number of hydrogen-bond donors (Lipinski definition) is 3. The Morgan fingerprint density at radius 2 is 2.14 bits per heavy atom. The van der Waals surface area contributed by atoms with E-state index in [1.807, 2.05) is 29.8 Å². The van der Waals surface area contributed by atoms with Crippen molar-refractivity contribution in [3.63, 3.8) is 0 Å². The molecular weight excluding hydrogens is 286 g/mol. The van der Waals surface area contributed by atoms with E-state index in [2.05, 4.69) is 5.32 Å². The molecule has 114 valence electrons. The minimum atomic E-state index is -0.923. The van der Waals surface area contributed by atoms with Gasteiger partial charge < -0.3 is 20.3 Å². The van der Waals surface area contributed by atoms with E-state index < -0.39 is 5.60 Å². The maximum Gasteiger partial charge on any atom is 0.120 e. The zero-order chi connectivity index (χ0) is 15.3. The Labute approximate surface area is 129 Å². The van der Waals surface area contributed by atoms with E-state index >= 15 is 0 Å². The van der Waals surface area contributed by atoms with Gasteiger partial charge in [0, 0.05) is 18.7 Å². The number of phenolic OH excluding ortho intramolecular Hbond substituents is 1. The molecule has 0 saturated carbocycles. The Morgan fingerprint density at radius 1 is 1.33 bits per heavy atom. The maximum absolute atomic E-state index is 10.4. The summed E-state index contributed by atoms with van der Waals surface area (Å²) < 4.78 is 5.42. The Bertz CT molecular complexity index is 567. The molecule has 1 aromatic heterocycles. The molecule has 0 aliphatic rings. The number of nitrogens with one attached hydrogen (secondary N) is 1. The lowest BCUT2D eigenvalue weighted by molar-refractivity contribution is 0.0570. The van der Waals surface area contributed by atoms with Gasteiger partial charge in [0.1, 0.15) is 11.5 Å². The zero-order valence-corrected chi connectivity index (χ0v) is 13.1. The van der Waals surface area contributed by atoms with E-state index in [1.54, 1.807) is 30.4 Å². The minimum absolute atomic E-state index is 0.223. The molecule has 21 heavy (non-hydrogen) atoms. The van der Waals surface area contributed by atoms with Gasteiger partial charge in [0.15, 0.2) is 0 Å². The summed E-state index contributed by atoms with van der Waals surface area (Å²) in [6.45, 7) is 5.15. The van der Waals surface area contributed by atoms with Gasteiger partial charge in [-0.05, 0) is 54.4 Å². The normalized spacial score (nSPS) is 13.9. The smallest absolute Gasteiger partial charge is 0.120 e. The molecule has 5 heteroatoms. The van der Waals surface area contributed by atoms with Gasteiger partial charge in [-0.2, -0.15) is 11.3 Å². The average Bonchev–Trinajstić information content (AvgIpc) is 2.97. The molecule has 1 atom stereocenters. The second-order valence-corrected chi connectivity index (χ2v) is 5.89.